The van der Waals surface area contributed by atoms with Gasteiger partial charge in [-0.05, 0) is 55.3 Å². The van der Waals surface area contributed by atoms with E-state index in [0.29, 0.717) is 11.4 Å². The van der Waals surface area contributed by atoms with Gasteiger partial charge in [0.05, 0.1) is 10.6 Å². The first-order valence-electron chi connectivity index (χ1n) is 5.83. The van der Waals surface area contributed by atoms with Crippen molar-refractivity contribution in [1.82, 2.24) is 0 Å². The van der Waals surface area contributed by atoms with E-state index in [1.54, 1.807) is 36.4 Å². The fourth-order valence-electron chi connectivity index (χ4n) is 1.90. The van der Waals surface area contributed by atoms with Crippen LogP contribution in [-0.4, -0.2) is 8.42 Å². The summed E-state index contributed by atoms with van der Waals surface area (Å²) in [5, 5.41) is 0. The van der Waals surface area contributed by atoms with Gasteiger partial charge in [0.25, 0.3) is 10.0 Å². The van der Waals surface area contributed by atoms with Crippen LogP contribution in [0, 0.1) is 13.8 Å². The molecular formula is C14H16N2O2S. The van der Waals surface area contributed by atoms with Crippen molar-refractivity contribution < 1.29 is 8.42 Å². The maximum Gasteiger partial charge on any atom is 0.261 e. The van der Waals surface area contributed by atoms with Gasteiger partial charge in [0.1, 0.15) is 0 Å². The number of hydrogen-bond donors (Lipinski definition) is 2. The van der Waals surface area contributed by atoms with Gasteiger partial charge in [0.2, 0.25) is 0 Å². The zero-order chi connectivity index (χ0) is 14.0. The summed E-state index contributed by atoms with van der Waals surface area (Å²) >= 11 is 0. The van der Waals surface area contributed by atoms with Gasteiger partial charge >= 0.3 is 0 Å². The molecule has 0 aliphatic carbocycles. The van der Waals surface area contributed by atoms with Crippen molar-refractivity contribution in [2.75, 3.05) is 10.5 Å². The molecule has 0 fully saturated rings. The van der Waals surface area contributed by atoms with E-state index in [9.17, 15) is 8.42 Å². The molecule has 0 radical (unpaired) electrons. The van der Waals surface area contributed by atoms with Gasteiger partial charge in [0.15, 0.2) is 0 Å². The summed E-state index contributed by atoms with van der Waals surface area (Å²) in [6.07, 6.45) is 0. The highest BCUT2D eigenvalue weighted by Crippen LogP contribution is 2.19. The van der Waals surface area contributed by atoms with Crippen LogP contribution in [-0.2, 0) is 10.0 Å². The van der Waals surface area contributed by atoms with E-state index in [4.69, 9.17) is 5.73 Å². The minimum absolute atomic E-state index is 0.257. The topological polar surface area (TPSA) is 72.2 Å². The van der Waals surface area contributed by atoms with Gasteiger partial charge < -0.3 is 5.73 Å². The lowest BCUT2D eigenvalue weighted by molar-refractivity contribution is 0.601. The van der Waals surface area contributed by atoms with Crippen molar-refractivity contribution >= 4 is 21.4 Å². The van der Waals surface area contributed by atoms with Gasteiger partial charge in [-0.3, -0.25) is 4.72 Å². The third kappa shape index (κ3) is 3.26. The lowest BCUT2D eigenvalue weighted by Crippen LogP contribution is -2.13. The number of nitrogens with one attached hydrogen (secondary N) is 1. The standard InChI is InChI=1S/C14H16N2O2S/c1-10-6-11(2)8-14(7-10)19(17,18)16-13-5-3-4-12(15)9-13/h3-9,16H,15H2,1-2H3. The number of sulfonamides is 1. The third-order valence-electron chi connectivity index (χ3n) is 2.64. The van der Waals surface area contributed by atoms with Crippen molar-refractivity contribution in [1.29, 1.82) is 0 Å². The lowest BCUT2D eigenvalue weighted by atomic mass is 10.2. The summed E-state index contributed by atoms with van der Waals surface area (Å²) in [6.45, 7) is 3.74. The molecule has 5 heteroatoms. The third-order valence-corrected chi connectivity index (χ3v) is 4.01. The van der Waals surface area contributed by atoms with Crippen molar-refractivity contribution in [2.24, 2.45) is 0 Å². The molecule has 100 valence electrons. The number of rotatable bonds is 3. The number of nitrogens with two attached hydrogens (primary N) is 1. The molecule has 0 heterocycles. The quantitative estimate of drug-likeness (QED) is 0.847. The van der Waals surface area contributed by atoms with Crippen LogP contribution >= 0.6 is 0 Å². The van der Waals surface area contributed by atoms with E-state index in [-0.39, 0.29) is 4.90 Å². The molecule has 0 aliphatic heterocycles. The first kappa shape index (κ1) is 13.4. The van der Waals surface area contributed by atoms with E-state index in [1.165, 1.54) is 0 Å². The molecule has 2 rings (SSSR count). The SMILES string of the molecule is Cc1cc(C)cc(S(=O)(=O)Nc2cccc(N)c2)c1. The van der Waals surface area contributed by atoms with Crippen molar-refractivity contribution in [3.05, 3.63) is 53.6 Å². The number of aryl methyl sites for hydroxylation is 2. The van der Waals surface area contributed by atoms with E-state index in [1.807, 2.05) is 19.9 Å². The first-order chi connectivity index (χ1) is 8.87. The number of benzene rings is 2. The van der Waals surface area contributed by atoms with Crippen LogP contribution in [0.1, 0.15) is 11.1 Å². The van der Waals surface area contributed by atoms with Gasteiger partial charge in [-0.2, -0.15) is 0 Å². The molecule has 0 saturated carbocycles. The molecule has 4 nitrogen and oxygen atoms in total. The minimum Gasteiger partial charge on any atom is -0.399 e. The Bertz CT molecular complexity index is 689. The normalized spacial score (nSPS) is 11.3. The van der Waals surface area contributed by atoms with Gasteiger partial charge in [-0.25, -0.2) is 8.42 Å². The minimum atomic E-state index is -3.58. The fraction of sp³-hybridized carbons (Fsp3) is 0.143. The second-order valence-corrected chi connectivity index (χ2v) is 6.24. The van der Waals surface area contributed by atoms with E-state index in [2.05, 4.69) is 4.72 Å². The van der Waals surface area contributed by atoms with E-state index >= 15 is 0 Å². The summed E-state index contributed by atoms with van der Waals surface area (Å²) in [4.78, 5) is 0.257. The maximum atomic E-state index is 12.3. The van der Waals surface area contributed by atoms with Crippen molar-refractivity contribution in [3.63, 3.8) is 0 Å². The lowest BCUT2D eigenvalue weighted by Gasteiger charge is -2.10. The Morgan fingerprint density at radius 2 is 1.63 bits per heavy atom. The molecule has 2 aromatic carbocycles. The van der Waals surface area contributed by atoms with Crippen molar-refractivity contribution in [3.8, 4) is 0 Å². The molecule has 0 atom stereocenters. The van der Waals surface area contributed by atoms with Crippen LogP contribution in [0.2, 0.25) is 0 Å². The van der Waals surface area contributed by atoms with Gasteiger partial charge in [-0.15, -0.1) is 0 Å². The van der Waals surface area contributed by atoms with Crippen LogP contribution in [0.15, 0.2) is 47.4 Å². The summed E-state index contributed by atoms with van der Waals surface area (Å²) in [5.41, 5.74) is 8.42. The Kier molecular flexibility index (Phi) is 3.48. The molecule has 0 saturated heterocycles. The van der Waals surface area contributed by atoms with Crippen LogP contribution in [0.5, 0.6) is 0 Å². The van der Waals surface area contributed by atoms with E-state index < -0.39 is 10.0 Å². The molecule has 19 heavy (non-hydrogen) atoms. The Morgan fingerprint density at radius 3 is 2.21 bits per heavy atom. The highest BCUT2D eigenvalue weighted by atomic mass is 32.2. The molecule has 3 N–H and O–H groups in total. The number of anilines is 2. The van der Waals surface area contributed by atoms with Crippen molar-refractivity contribution in [2.45, 2.75) is 18.7 Å². The Labute approximate surface area is 113 Å². The average Bonchev–Trinajstić information content (AvgIpc) is 2.26. The molecule has 2 aromatic rings. The maximum absolute atomic E-state index is 12.3. The molecular weight excluding hydrogens is 260 g/mol. The zero-order valence-electron chi connectivity index (χ0n) is 10.8. The zero-order valence-corrected chi connectivity index (χ0v) is 11.7. The Hall–Kier alpha value is -2.01. The first-order valence-corrected chi connectivity index (χ1v) is 7.32. The molecule has 0 spiro atoms. The highest BCUT2D eigenvalue weighted by Gasteiger charge is 2.14. The number of hydrogen-bond acceptors (Lipinski definition) is 3. The molecule has 0 unspecified atom stereocenters. The summed E-state index contributed by atoms with van der Waals surface area (Å²) in [5.74, 6) is 0. The van der Waals surface area contributed by atoms with Gasteiger partial charge in [0, 0.05) is 5.69 Å². The van der Waals surface area contributed by atoms with Gasteiger partial charge in [-0.1, -0.05) is 12.1 Å². The molecule has 0 bridgehead atoms. The monoisotopic (exact) mass is 276 g/mol. The highest BCUT2D eigenvalue weighted by molar-refractivity contribution is 7.92. The average molecular weight is 276 g/mol. The molecule has 0 amide bonds. The second-order valence-electron chi connectivity index (χ2n) is 4.55. The Balaban J connectivity index is 2.37. The molecule has 0 aromatic heterocycles. The summed E-state index contributed by atoms with van der Waals surface area (Å²) in [6, 6.07) is 11.9. The second kappa shape index (κ2) is 4.93. The van der Waals surface area contributed by atoms with Crippen LogP contribution in [0.25, 0.3) is 0 Å². The summed E-state index contributed by atoms with van der Waals surface area (Å²) in [7, 11) is -3.58. The molecule has 0 aliphatic rings. The van der Waals surface area contributed by atoms with Crippen LogP contribution < -0.4 is 10.5 Å². The smallest absolute Gasteiger partial charge is 0.261 e. The largest absolute Gasteiger partial charge is 0.399 e. The predicted octanol–water partition coefficient (Wildman–Crippen LogP) is 2.69. The van der Waals surface area contributed by atoms with Crippen LogP contribution in [0.4, 0.5) is 11.4 Å². The fourth-order valence-corrected chi connectivity index (χ4v) is 3.14. The Morgan fingerprint density at radius 1 is 1.00 bits per heavy atom. The number of nitrogen functional groups attached to an aromatic ring is 1. The van der Waals surface area contributed by atoms with Crippen LogP contribution in [0.3, 0.4) is 0 Å². The summed E-state index contributed by atoms with van der Waals surface area (Å²) < 4.78 is 27.1. The predicted molar refractivity (Wildman–Crippen MR) is 77.6 cm³/mol. The van der Waals surface area contributed by atoms with E-state index in [0.717, 1.165) is 11.1 Å².